The van der Waals surface area contributed by atoms with Crippen LogP contribution in [0.5, 0.6) is 5.75 Å². The number of unbranched alkanes of at least 4 members (excludes halogenated alkanes) is 6. The molecule has 3 rings (SSSR count). The number of alkyl halides is 1. The number of ether oxygens (including phenoxy) is 2. The fourth-order valence-corrected chi connectivity index (χ4v) is 5.50. The van der Waals surface area contributed by atoms with Crippen LogP contribution in [0.2, 0.25) is 0 Å². The summed E-state index contributed by atoms with van der Waals surface area (Å²) < 4.78 is 25.3. The lowest BCUT2D eigenvalue weighted by atomic mass is 9.83. The summed E-state index contributed by atoms with van der Waals surface area (Å²) in [7, 11) is 0. The maximum atomic E-state index is 13.9. The zero-order valence-corrected chi connectivity index (χ0v) is 24.6. The smallest absolute Gasteiger partial charge is 0.340 e. The van der Waals surface area contributed by atoms with Crippen LogP contribution in [0.4, 0.5) is 4.39 Å². The van der Waals surface area contributed by atoms with Crippen LogP contribution in [-0.2, 0) is 16.0 Å². The maximum absolute atomic E-state index is 13.9. The first-order valence-corrected chi connectivity index (χ1v) is 15.6. The minimum absolute atomic E-state index is 0.131. The molecule has 0 aromatic heterocycles. The predicted molar refractivity (Wildman–Crippen MR) is 160 cm³/mol. The van der Waals surface area contributed by atoms with Crippen LogP contribution in [0.1, 0.15) is 115 Å². The molecule has 0 saturated heterocycles. The molecule has 2 aromatic carbocycles. The Hall–Kier alpha value is -2.87. The Morgan fingerprint density at radius 2 is 1.60 bits per heavy atom. The van der Waals surface area contributed by atoms with Gasteiger partial charge in [0.05, 0.1) is 12.2 Å². The molecule has 0 unspecified atom stereocenters. The fourth-order valence-electron chi connectivity index (χ4n) is 5.50. The summed E-state index contributed by atoms with van der Waals surface area (Å²) in [6.07, 6.45) is 13.3. The van der Waals surface area contributed by atoms with Gasteiger partial charge in [0.1, 0.15) is 17.9 Å². The van der Waals surface area contributed by atoms with Gasteiger partial charge in [-0.3, -0.25) is 0 Å². The third-order valence-electron chi connectivity index (χ3n) is 8.13. The van der Waals surface area contributed by atoms with Gasteiger partial charge in [-0.15, -0.1) is 0 Å². The number of hydrogen-bond donors (Lipinski definition) is 0. The van der Waals surface area contributed by atoms with Gasteiger partial charge in [-0.1, -0.05) is 89.1 Å². The highest BCUT2D eigenvalue weighted by atomic mass is 19.1. The van der Waals surface area contributed by atoms with Gasteiger partial charge < -0.3 is 9.47 Å². The summed E-state index contributed by atoms with van der Waals surface area (Å²) in [4.78, 5) is 12.0. The lowest BCUT2D eigenvalue weighted by molar-refractivity contribution is -0.157. The van der Waals surface area contributed by atoms with Crippen LogP contribution in [-0.4, -0.2) is 24.9 Å². The molecule has 1 atom stereocenters. The van der Waals surface area contributed by atoms with Gasteiger partial charge in [0.2, 0.25) is 0 Å². The maximum Gasteiger partial charge on any atom is 0.340 e. The summed E-state index contributed by atoms with van der Waals surface area (Å²) in [5.41, 5.74) is 3.99. The lowest BCUT2D eigenvalue weighted by Crippen LogP contribution is -2.29. The van der Waals surface area contributed by atoms with Gasteiger partial charge in [-0.2, -0.15) is 5.26 Å². The molecular formula is C35H48FNO3. The van der Waals surface area contributed by atoms with Crippen molar-refractivity contribution in [1.29, 1.82) is 5.26 Å². The second kappa shape index (κ2) is 17.7. The Bertz CT molecular complexity index is 1050. The van der Waals surface area contributed by atoms with Crippen molar-refractivity contribution >= 4 is 5.97 Å². The molecular weight excluding hydrogens is 501 g/mol. The molecule has 1 aliphatic carbocycles. The second-order valence-electron chi connectivity index (χ2n) is 11.4. The molecule has 0 heterocycles. The number of halogens is 1. The molecule has 1 saturated carbocycles. The summed E-state index contributed by atoms with van der Waals surface area (Å²) in [6.45, 7) is 4.87. The highest BCUT2D eigenvalue weighted by molar-refractivity contribution is 5.74. The van der Waals surface area contributed by atoms with E-state index < -0.39 is 12.1 Å². The van der Waals surface area contributed by atoms with Crippen LogP contribution < -0.4 is 4.74 Å². The monoisotopic (exact) mass is 549 g/mol. The van der Waals surface area contributed by atoms with E-state index in [0.717, 1.165) is 62.5 Å². The Labute approximate surface area is 241 Å². The van der Waals surface area contributed by atoms with Crippen LogP contribution >= 0.6 is 0 Å². The number of benzene rings is 2. The van der Waals surface area contributed by atoms with Crippen LogP contribution in [0, 0.1) is 17.2 Å². The fraction of sp³-hybridized carbons (Fsp3) is 0.600. The number of nitriles is 1. The standard InChI is InChI=1S/C35H48FNO3/c1-3-5-7-8-9-10-24-39-34-23-20-30(25-31(34)26-37)29-18-14-27(15-19-29)12-13-28-16-21-32(22-17-28)40-35(38)33(36)11-6-4-2/h14-15,18-20,23,25,28,32-33H,3-13,16-17,21-22,24H2,1-2H3/t28-,32-,33-/m0/s1. The van der Waals surface area contributed by atoms with Crippen molar-refractivity contribution in [1.82, 2.24) is 0 Å². The highest BCUT2D eigenvalue weighted by Crippen LogP contribution is 2.31. The molecule has 4 nitrogen and oxygen atoms in total. The minimum atomic E-state index is -1.48. The molecule has 0 radical (unpaired) electrons. The van der Waals surface area contributed by atoms with Crippen LogP contribution in [0.25, 0.3) is 11.1 Å². The van der Waals surface area contributed by atoms with Crippen molar-refractivity contribution in [2.75, 3.05) is 6.61 Å². The largest absolute Gasteiger partial charge is 0.492 e. The average molecular weight is 550 g/mol. The van der Waals surface area contributed by atoms with Gasteiger partial charge in [-0.05, 0) is 86.1 Å². The predicted octanol–water partition coefficient (Wildman–Crippen LogP) is 9.53. The Kier molecular flexibility index (Phi) is 14.0. The van der Waals surface area contributed by atoms with Crippen molar-refractivity contribution in [3.05, 3.63) is 53.6 Å². The van der Waals surface area contributed by atoms with E-state index in [9.17, 15) is 14.4 Å². The number of esters is 1. The van der Waals surface area contributed by atoms with E-state index in [4.69, 9.17) is 9.47 Å². The van der Waals surface area contributed by atoms with Crippen molar-refractivity contribution in [3.63, 3.8) is 0 Å². The third-order valence-corrected chi connectivity index (χ3v) is 8.13. The first kappa shape index (κ1) is 31.7. The topological polar surface area (TPSA) is 59.3 Å². The van der Waals surface area contributed by atoms with Crippen molar-refractivity contribution in [2.24, 2.45) is 5.92 Å². The van der Waals surface area contributed by atoms with E-state index in [0.29, 0.717) is 30.3 Å². The molecule has 218 valence electrons. The van der Waals surface area contributed by atoms with Crippen molar-refractivity contribution in [3.8, 4) is 22.9 Å². The first-order valence-electron chi connectivity index (χ1n) is 15.6. The van der Waals surface area contributed by atoms with E-state index in [1.165, 1.54) is 37.7 Å². The van der Waals surface area contributed by atoms with Gasteiger partial charge in [0.25, 0.3) is 0 Å². The summed E-state index contributed by atoms with van der Waals surface area (Å²) in [6, 6.07) is 16.8. The Morgan fingerprint density at radius 3 is 2.30 bits per heavy atom. The molecule has 0 aliphatic heterocycles. The molecule has 0 bridgehead atoms. The molecule has 0 spiro atoms. The minimum Gasteiger partial charge on any atom is -0.492 e. The van der Waals surface area contributed by atoms with E-state index in [-0.39, 0.29) is 12.5 Å². The lowest BCUT2D eigenvalue weighted by Gasteiger charge is -2.28. The molecule has 1 fully saturated rings. The summed E-state index contributed by atoms with van der Waals surface area (Å²) >= 11 is 0. The number of nitrogens with zero attached hydrogens (tertiary/aromatic N) is 1. The van der Waals surface area contributed by atoms with E-state index in [1.54, 1.807) is 0 Å². The molecule has 40 heavy (non-hydrogen) atoms. The number of aryl methyl sites for hydroxylation is 1. The zero-order valence-electron chi connectivity index (χ0n) is 24.6. The summed E-state index contributed by atoms with van der Waals surface area (Å²) in [5.74, 6) is 0.606. The molecule has 5 heteroatoms. The van der Waals surface area contributed by atoms with Gasteiger partial charge in [0, 0.05) is 0 Å². The Balaban J connectivity index is 1.41. The zero-order chi connectivity index (χ0) is 28.6. The normalized spacial score (nSPS) is 17.6. The van der Waals surface area contributed by atoms with Gasteiger partial charge in [0.15, 0.2) is 6.17 Å². The third kappa shape index (κ3) is 10.6. The van der Waals surface area contributed by atoms with E-state index in [2.05, 4.69) is 37.3 Å². The van der Waals surface area contributed by atoms with Crippen LogP contribution in [0.15, 0.2) is 42.5 Å². The number of carbonyl (C=O) groups is 1. The van der Waals surface area contributed by atoms with E-state index >= 15 is 0 Å². The molecule has 0 amide bonds. The van der Waals surface area contributed by atoms with E-state index in [1.807, 2.05) is 25.1 Å². The average Bonchev–Trinajstić information content (AvgIpc) is 2.99. The molecule has 2 aromatic rings. The number of hydrogen-bond acceptors (Lipinski definition) is 4. The van der Waals surface area contributed by atoms with Gasteiger partial charge in [-0.25, -0.2) is 9.18 Å². The highest BCUT2D eigenvalue weighted by Gasteiger charge is 2.27. The number of carbonyl (C=O) groups excluding carboxylic acids is 1. The SMILES string of the molecule is CCCCCCCCOc1ccc(-c2ccc(CC[C@H]3CC[C@H](OC(=O)[C@@H](F)CCCC)CC3)cc2)cc1C#N. The van der Waals surface area contributed by atoms with Crippen molar-refractivity contribution < 1.29 is 18.7 Å². The molecule has 1 aliphatic rings. The number of rotatable bonds is 17. The summed E-state index contributed by atoms with van der Waals surface area (Å²) in [5, 5.41) is 9.67. The van der Waals surface area contributed by atoms with Gasteiger partial charge >= 0.3 is 5.97 Å². The first-order chi connectivity index (χ1) is 19.5. The Morgan fingerprint density at radius 1 is 0.925 bits per heavy atom. The quantitative estimate of drug-likeness (QED) is 0.146. The second-order valence-corrected chi connectivity index (χ2v) is 11.4. The van der Waals surface area contributed by atoms with Crippen LogP contribution in [0.3, 0.4) is 0 Å². The molecule has 0 N–H and O–H groups in total. The van der Waals surface area contributed by atoms with Crippen molar-refractivity contribution in [2.45, 2.75) is 122 Å².